The molecule has 4 heteroatoms. The Morgan fingerprint density at radius 2 is 1.92 bits per heavy atom. The van der Waals surface area contributed by atoms with Gasteiger partial charge in [-0.1, -0.05) is 36.4 Å². The third kappa shape index (κ3) is 2.54. The van der Waals surface area contributed by atoms with E-state index in [1.807, 2.05) is 18.2 Å². The molecule has 0 unspecified atom stereocenters. The number of hydrogen-bond acceptors (Lipinski definition) is 2. The number of para-hydroxylation sites is 1. The van der Waals surface area contributed by atoms with Crippen molar-refractivity contribution in [1.82, 2.24) is 4.57 Å². The second-order valence-electron chi connectivity index (χ2n) is 6.66. The van der Waals surface area contributed by atoms with Gasteiger partial charge < -0.3 is 9.67 Å². The molecular formula is C21H19NO3. The SMILES string of the molecule is Cc1ccccc1Cn1c2c(c3cccc(C(=O)O)c31)CC(=O)CC2. The Morgan fingerprint density at radius 3 is 2.68 bits per heavy atom. The third-order valence-electron chi connectivity index (χ3n) is 5.14. The molecule has 0 aliphatic heterocycles. The van der Waals surface area contributed by atoms with E-state index in [1.54, 1.807) is 12.1 Å². The molecule has 1 aliphatic carbocycles. The van der Waals surface area contributed by atoms with Gasteiger partial charge in [0.2, 0.25) is 0 Å². The number of carbonyl (C=O) groups is 2. The van der Waals surface area contributed by atoms with Gasteiger partial charge in [0.25, 0.3) is 0 Å². The van der Waals surface area contributed by atoms with Crippen molar-refractivity contribution in [1.29, 1.82) is 0 Å². The molecule has 3 aromatic rings. The predicted octanol–water partition coefficient (Wildman–Crippen LogP) is 3.75. The molecule has 2 aromatic carbocycles. The second kappa shape index (κ2) is 5.88. The van der Waals surface area contributed by atoms with E-state index in [0.29, 0.717) is 31.4 Å². The molecular weight excluding hydrogens is 314 g/mol. The second-order valence-corrected chi connectivity index (χ2v) is 6.66. The highest BCUT2D eigenvalue weighted by Gasteiger charge is 2.26. The molecule has 1 N–H and O–H groups in total. The number of ketones is 1. The first-order valence-corrected chi connectivity index (χ1v) is 8.48. The number of nitrogens with zero attached hydrogens (tertiary/aromatic N) is 1. The van der Waals surface area contributed by atoms with Crippen LogP contribution in [0.5, 0.6) is 0 Å². The fraction of sp³-hybridized carbons (Fsp3) is 0.238. The maximum absolute atomic E-state index is 12.0. The molecule has 0 saturated heterocycles. The van der Waals surface area contributed by atoms with Gasteiger partial charge in [0.1, 0.15) is 5.78 Å². The molecule has 0 atom stereocenters. The Bertz CT molecular complexity index is 1010. The number of carboxylic acids is 1. The lowest BCUT2D eigenvalue weighted by Crippen LogP contribution is -2.16. The summed E-state index contributed by atoms with van der Waals surface area (Å²) in [6.07, 6.45) is 1.60. The number of aromatic nitrogens is 1. The summed E-state index contributed by atoms with van der Waals surface area (Å²) in [5, 5.41) is 10.6. The van der Waals surface area contributed by atoms with E-state index in [2.05, 4.69) is 23.6 Å². The van der Waals surface area contributed by atoms with Crippen LogP contribution in [0.15, 0.2) is 42.5 Å². The number of Topliss-reactive ketones (excluding diaryl/α,β-unsaturated/α-hetero) is 1. The van der Waals surface area contributed by atoms with Crippen molar-refractivity contribution in [3.05, 3.63) is 70.4 Å². The Morgan fingerprint density at radius 1 is 1.12 bits per heavy atom. The summed E-state index contributed by atoms with van der Waals surface area (Å²) in [5.41, 5.74) is 5.48. The third-order valence-corrected chi connectivity index (χ3v) is 5.14. The van der Waals surface area contributed by atoms with Crippen LogP contribution in [0.3, 0.4) is 0 Å². The largest absolute Gasteiger partial charge is 0.478 e. The molecule has 126 valence electrons. The topological polar surface area (TPSA) is 59.3 Å². The van der Waals surface area contributed by atoms with Gasteiger partial charge in [-0.25, -0.2) is 4.79 Å². The number of rotatable bonds is 3. The maximum Gasteiger partial charge on any atom is 0.337 e. The van der Waals surface area contributed by atoms with Gasteiger partial charge in [-0.15, -0.1) is 0 Å². The molecule has 1 aromatic heterocycles. The summed E-state index contributed by atoms with van der Waals surface area (Å²) < 4.78 is 2.11. The Balaban J connectivity index is 2.00. The van der Waals surface area contributed by atoms with E-state index in [9.17, 15) is 14.7 Å². The molecule has 0 fully saturated rings. The lowest BCUT2D eigenvalue weighted by atomic mass is 9.94. The van der Waals surface area contributed by atoms with Gasteiger partial charge >= 0.3 is 5.97 Å². The van der Waals surface area contributed by atoms with E-state index in [0.717, 1.165) is 22.2 Å². The van der Waals surface area contributed by atoms with E-state index >= 15 is 0 Å². The number of hydrogen-bond donors (Lipinski definition) is 1. The standard InChI is InChI=1S/C21H19NO3/c1-13-5-2-3-6-14(13)12-22-19-10-9-15(23)11-18(19)16-7-4-8-17(20(16)22)21(24)25/h2-8H,9-12H2,1H3,(H,24,25). The first-order chi connectivity index (χ1) is 12.1. The van der Waals surface area contributed by atoms with E-state index in [1.165, 1.54) is 11.1 Å². The van der Waals surface area contributed by atoms with Crippen molar-refractivity contribution >= 4 is 22.7 Å². The summed E-state index contributed by atoms with van der Waals surface area (Å²) in [4.78, 5) is 23.8. The zero-order valence-corrected chi connectivity index (χ0v) is 14.1. The van der Waals surface area contributed by atoms with Crippen LogP contribution in [0, 0.1) is 6.92 Å². The average molecular weight is 333 g/mol. The van der Waals surface area contributed by atoms with Crippen LogP contribution in [-0.2, 0) is 24.2 Å². The monoisotopic (exact) mass is 333 g/mol. The van der Waals surface area contributed by atoms with Gasteiger partial charge in [-0.3, -0.25) is 4.79 Å². The van der Waals surface area contributed by atoms with Gasteiger partial charge in [0.15, 0.2) is 0 Å². The number of aryl methyl sites for hydroxylation is 1. The Hall–Kier alpha value is -2.88. The summed E-state index contributed by atoms with van der Waals surface area (Å²) >= 11 is 0. The predicted molar refractivity (Wildman–Crippen MR) is 96.2 cm³/mol. The Labute approximate surface area is 145 Å². The van der Waals surface area contributed by atoms with Gasteiger partial charge in [-0.2, -0.15) is 0 Å². The summed E-state index contributed by atoms with van der Waals surface area (Å²) in [6.45, 7) is 2.69. The minimum Gasteiger partial charge on any atom is -0.478 e. The van der Waals surface area contributed by atoms with Crippen LogP contribution in [0.1, 0.15) is 39.2 Å². The number of carbonyl (C=O) groups excluding carboxylic acids is 1. The van der Waals surface area contributed by atoms with Crippen molar-refractivity contribution in [2.24, 2.45) is 0 Å². The van der Waals surface area contributed by atoms with Crippen LogP contribution >= 0.6 is 0 Å². The van der Waals surface area contributed by atoms with Crippen LogP contribution < -0.4 is 0 Å². The highest BCUT2D eigenvalue weighted by atomic mass is 16.4. The number of benzene rings is 2. The summed E-state index contributed by atoms with van der Waals surface area (Å²) in [6, 6.07) is 13.5. The van der Waals surface area contributed by atoms with Crippen molar-refractivity contribution in [3.63, 3.8) is 0 Å². The van der Waals surface area contributed by atoms with Crippen molar-refractivity contribution in [2.45, 2.75) is 32.7 Å². The minimum atomic E-state index is -0.933. The number of aromatic carboxylic acids is 1. The van der Waals surface area contributed by atoms with Gasteiger partial charge in [0, 0.05) is 30.5 Å². The normalized spacial score (nSPS) is 13.9. The molecule has 0 amide bonds. The zero-order chi connectivity index (χ0) is 17.6. The van der Waals surface area contributed by atoms with E-state index in [-0.39, 0.29) is 5.78 Å². The molecule has 1 heterocycles. The first kappa shape index (κ1) is 15.6. The zero-order valence-electron chi connectivity index (χ0n) is 14.1. The molecule has 0 radical (unpaired) electrons. The fourth-order valence-electron chi connectivity index (χ4n) is 3.86. The molecule has 4 rings (SSSR count). The number of carboxylic acid groups (broad SMARTS) is 1. The van der Waals surface area contributed by atoms with Crippen molar-refractivity contribution in [2.75, 3.05) is 0 Å². The highest BCUT2D eigenvalue weighted by molar-refractivity contribution is 6.05. The average Bonchev–Trinajstić information content (AvgIpc) is 2.90. The van der Waals surface area contributed by atoms with E-state index < -0.39 is 5.97 Å². The summed E-state index contributed by atoms with van der Waals surface area (Å²) in [5.74, 6) is -0.707. The van der Waals surface area contributed by atoms with Crippen LogP contribution in [0.25, 0.3) is 10.9 Å². The van der Waals surface area contributed by atoms with Crippen LogP contribution in [0.2, 0.25) is 0 Å². The van der Waals surface area contributed by atoms with E-state index in [4.69, 9.17) is 0 Å². The summed E-state index contributed by atoms with van der Waals surface area (Å²) in [7, 11) is 0. The number of fused-ring (bicyclic) bond motifs is 3. The van der Waals surface area contributed by atoms with Crippen molar-refractivity contribution < 1.29 is 14.7 Å². The van der Waals surface area contributed by atoms with Crippen molar-refractivity contribution in [3.8, 4) is 0 Å². The lowest BCUT2D eigenvalue weighted by molar-refractivity contribution is -0.118. The van der Waals surface area contributed by atoms with Gasteiger partial charge in [-0.05, 0) is 36.1 Å². The molecule has 4 nitrogen and oxygen atoms in total. The first-order valence-electron chi connectivity index (χ1n) is 8.48. The quantitative estimate of drug-likeness (QED) is 0.794. The maximum atomic E-state index is 12.0. The lowest BCUT2D eigenvalue weighted by Gasteiger charge is -2.17. The minimum absolute atomic E-state index is 0.225. The molecule has 0 saturated carbocycles. The van der Waals surface area contributed by atoms with Crippen LogP contribution in [-0.4, -0.2) is 21.4 Å². The van der Waals surface area contributed by atoms with Crippen LogP contribution in [0.4, 0.5) is 0 Å². The molecule has 0 bridgehead atoms. The fourth-order valence-corrected chi connectivity index (χ4v) is 3.86. The highest BCUT2D eigenvalue weighted by Crippen LogP contribution is 2.34. The smallest absolute Gasteiger partial charge is 0.337 e. The molecule has 25 heavy (non-hydrogen) atoms. The Kier molecular flexibility index (Phi) is 3.68. The molecule has 1 aliphatic rings. The molecule has 0 spiro atoms. The van der Waals surface area contributed by atoms with Gasteiger partial charge in [0.05, 0.1) is 11.1 Å².